The summed E-state index contributed by atoms with van der Waals surface area (Å²) in [4.78, 5) is 68.4. The molecule has 1 aromatic carbocycles. The number of benzene rings is 1. The average molecular weight is 556 g/mol. The Labute approximate surface area is 232 Å². The zero-order valence-corrected chi connectivity index (χ0v) is 23.2. The molecule has 216 valence electrons. The summed E-state index contributed by atoms with van der Waals surface area (Å²) in [6.07, 6.45) is 0.882. The molecular weight excluding hydrogens is 518 g/mol. The van der Waals surface area contributed by atoms with Gasteiger partial charge in [0.25, 0.3) is 5.91 Å². The molecule has 0 saturated carbocycles. The van der Waals surface area contributed by atoms with E-state index in [2.05, 4.69) is 31.3 Å². The van der Waals surface area contributed by atoms with Crippen LogP contribution in [-0.2, 0) is 43.5 Å². The van der Waals surface area contributed by atoms with Crippen molar-refractivity contribution < 1.29 is 28.7 Å². The van der Waals surface area contributed by atoms with E-state index in [0.29, 0.717) is 12.4 Å². The lowest BCUT2D eigenvalue weighted by Gasteiger charge is -2.27. The molecule has 3 unspecified atom stereocenters. The second-order valence-electron chi connectivity index (χ2n) is 10.4. The van der Waals surface area contributed by atoms with Gasteiger partial charge in [-0.1, -0.05) is 58.0 Å². The van der Waals surface area contributed by atoms with E-state index in [4.69, 9.17) is 4.74 Å². The number of hydrogen-bond donors (Lipinski definition) is 4. The van der Waals surface area contributed by atoms with E-state index in [1.165, 1.54) is 11.0 Å². The quantitative estimate of drug-likeness (QED) is 0.307. The Morgan fingerprint density at radius 2 is 1.80 bits per heavy atom. The van der Waals surface area contributed by atoms with Crippen LogP contribution in [0.15, 0.2) is 36.7 Å². The van der Waals surface area contributed by atoms with Crippen molar-refractivity contribution in [3.63, 3.8) is 0 Å². The van der Waals surface area contributed by atoms with Gasteiger partial charge in [0.1, 0.15) is 31.1 Å². The fourth-order valence-electron chi connectivity index (χ4n) is 4.12. The van der Waals surface area contributed by atoms with E-state index in [-0.39, 0.29) is 37.8 Å². The summed E-state index contributed by atoms with van der Waals surface area (Å²) >= 11 is 0. The first kappa shape index (κ1) is 30.3. The minimum atomic E-state index is -1.22. The second-order valence-corrected chi connectivity index (χ2v) is 10.4. The van der Waals surface area contributed by atoms with Gasteiger partial charge in [-0.15, -0.1) is 0 Å². The predicted molar refractivity (Wildman–Crippen MR) is 143 cm³/mol. The largest absolute Gasteiger partial charge is 0.445 e. The number of alkyl carbamates (subject to hydrolysis) is 1. The Bertz CT molecular complexity index is 1200. The fourth-order valence-corrected chi connectivity index (χ4v) is 4.12. The number of ether oxygens (including phenoxy) is 1. The van der Waals surface area contributed by atoms with Crippen LogP contribution in [0.4, 0.5) is 4.79 Å². The molecular formula is C27H37N7O6. The molecule has 13 heteroatoms. The van der Waals surface area contributed by atoms with Gasteiger partial charge in [-0.05, 0) is 23.8 Å². The van der Waals surface area contributed by atoms with Crippen molar-refractivity contribution in [2.75, 3.05) is 6.54 Å². The van der Waals surface area contributed by atoms with Crippen LogP contribution in [0, 0.1) is 11.8 Å². The number of rotatable bonds is 10. The predicted octanol–water partition coefficient (Wildman–Crippen LogP) is 0.486. The highest BCUT2D eigenvalue weighted by atomic mass is 16.5. The van der Waals surface area contributed by atoms with E-state index in [0.717, 1.165) is 5.56 Å². The molecule has 0 radical (unpaired) electrons. The Hall–Kier alpha value is -4.29. The van der Waals surface area contributed by atoms with Crippen molar-refractivity contribution in [1.29, 1.82) is 0 Å². The van der Waals surface area contributed by atoms with Crippen molar-refractivity contribution in [3.8, 4) is 0 Å². The number of carbonyl (C=O) groups excluding carboxylic acids is 5. The Morgan fingerprint density at radius 1 is 1.07 bits per heavy atom. The second kappa shape index (κ2) is 14.2. The maximum Gasteiger partial charge on any atom is 0.408 e. The van der Waals surface area contributed by atoms with Gasteiger partial charge in [-0.25, -0.2) is 9.78 Å². The lowest BCUT2D eigenvalue weighted by molar-refractivity contribution is -0.140. The molecule has 0 fully saturated rings. The Morgan fingerprint density at radius 3 is 2.48 bits per heavy atom. The highest BCUT2D eigenvalue weighted by Gasteiger charge is 2.34. The maximum atomic E-state index is 13.4. The molecule has 13 nitrogen and oxygen atoms in total. The van der Waals surface area contributed by atoms with Crippen LogP contribution in [0.3, 0.4) is 0 Å². The van der Waals surface area contributed by atoms with Crippen molar-refractivity contribution in [3.05, 3.63) is 48.0 Å². The van der Waals surface area contributed by atoms with Crippen LogP contribution >= 0.6 is 0 Å². The van der Waals surface area contributed by atoms with E-state index in [1.54, 1.807) is 13.8 Å². The molecule has 4 N–H and O–H groups in total. The third-order valence-electron chi connectivity index (χ3n) is 6.23. The first-order valence-corrected chi connectivity index (χ1v) is 13.3. The summed E-state index contributed by atoms with van der Waals surface area (Å²) in [6.45, 7) is 7.83. The van der Waals surface area contributed by atoms with Crippen LogP contribution in [0.25, 0.3) is 0 Å². The van der Waals surface area contributed by atoms with Gasteiger partial charge in [-0.3, -0.25) is 23.9 Å². The number of Topliss-reactive ketones (excluding diaryl/α,β-unsaturated/α-hetero) is 1. The lowest BCUT2D eigenvalue weighted by atomic mass is 9.99. The summed E-state index contributed by atoms with van der Waals surface area (Å²) in [5.74, 6) is -2.90. The summed E-state index contributed by atoms with van der Waals surface area (Å²) in [6, 6.07) is 5.87. The average Bonchev–Trinajstić information content (AvgIpc) is 3.35. The molecule has 3 atom stereocenters. The molecule has 1 aliphatic rings. The van der Waals surface area contributed by atoms with Crippen LogP contribution in [-0.4, -0.2) is 69.0 Å². The number of carbonyl (C=O) groups is 5. The highest BCUT2D eigenvalue weighted by Crippen LogP contribution is 2.10. The van der Waals surface area contributed by atoms with E-state index < -0.39 is 47.7 Å². The molecule has 2 aromatic rings. The van der Waals surface area contributed by atoms with Gasteiger partial charge in [-0.2, -0.15) is 5.10 Å². The number of fused-ring (bicyclic) bond motifs is 2. The molecule has 4 amide bonds. The molecule has 0 aliphatic carbocycles. The summed E-state index contributed by atoms with van der Waals surface area (Å²) in [5.41, 5.74) is 0.794. The number of nitrogens with zero attached hydrogens (tertiary/aromatic N) is 3. The molecule has 40 heavy (non-hydrogen) atoms. The smallest absolute Gasteiger partial charge is 0.408 e. The fraction of sp³-hybridized carbons (Fsp3) is 0.519. The first-order chi connectivity index (χ1) is 19.0. The number of aromatic nitrogens is 3. The summed E-state index contributed by atoms with van der Waals surface area (Å²) < 4.78 is 6.79. The standard InChI is InChI=1S/C27H37N7O6/c1-16(2)12-20(24(36)30-19-13-21-29-15-34(33-21)11-10-28-26(38)23(19)35)31-25(37)22(17(3)4)32-27(39)40-14-18-8-6-5-7-9-18/h5-9,15-17,19-20,22H,10-14H2,1-4H3,(H,28,38)(H,30,36)(H,31,37)(H,32,39). The SMILES string of the molecule is CC(C)CC(NC(=O)C(NC(=O)OCc1ccccc1)C(C)C)C(=O)NC1Cc2ncn(n2)CCNC(=O)C1=O. The molecule has 1 aromatic heterocycles. The van der Waals surface area contributed by atoms with Gasteiger partial charge >= 0.3 is 6.09 Å². The monoisotopic (exact) mass is 555 g/mol. The van der Waals surface area contributed by atoms with E-state index in [9.17, 15) is 24.0 Å². The molecule has 3 rings (SSSR count). The minimum Gasteiger partial charge on any atom is -0.445 e. The summed E-state index contributed by atoms with van der Waals surface area (Å²) in [7, 11) is 0. The maximum absolute atomic E-state index is 13.4. The van der Waals surface area contributed by atoms with Gasteiger partial charge in [0, 0.05) is 13.0 Å². The van der Waals surface area contributed by atoms with Gasteiger partial charge in [0.15, 0.2) is 5.82 Å². The number of nitrogens with one attached hydrogen (secondary N) is 4. The minimum absolute atomic E-state index is 0.00208. The third kappa shape index (κ3) is 8.89. The number of hydrogen-bond acceptors (Lipinski definition) is 8. The van der Waals surface area contributed by atoms with Crippen molar-refractivity contribution in [2.24, 2.45) is 11.8 Å². The van der Waals surface area contributed by atoms with Gasteiger partial charge in [0.05, 0.1) is 6.54 Å². The topological polar surface area (TPSA) is 173 Å². The van der Waals surface area contributed by atoms with Gasteiger partial charge < -0.3 is 26.0 Å². The third-order valence-corrected chi connectivity index (χ3v) is 6.23. The molecule has 1 aliphatic heterocycles. The molecule has 0 spiro atoms. The van der Waals surface area contributed by atoms with Crippen molar-refractivity contribution >= 4 is 29.6 Å². The van der Waals surface area contributed by atoms with E-state index >= 15 is 0 Å². The summed E-state index contributed by atoms with van der Waals surface area (Å²) in [5, 5.41) is 14.7. The molecule has 2 heterocycles. The zero-order chi connectivity index (χ0) is 29.2. The van der Waals surface area contributed by atoms with Crippen LogP contribution in [0.5, 0.6) is 0 Å². The van der Waals surface area contributed by atoms with Gasteiger partial charge in [0.2, 0.25) is 17.6 Å². The van der Waals surface area contributed by atoms with Crippen LogP contribution < -0.4 is 21.3 Å². The first-order valence-electron chi connectivity index (χ1n) is 13.3. The van der Waals surface area contributed by atoms with Crippen LogP contribution in [0.1, 0.15) is 45.5 Å². The van der Waals surface area contributed by atoms with E-state index in [1.807, 2.05) is 44.2 Å². The number of ketones is 1. The van der Waals surface area contributed by atoms with Crippen LogP contribution in [0.2, 0.25) is 0 Å². The molecule has 0 saturated heterocycles. The van der Waals surface area contributed by atoms with Crippen molar-refractivity contribution in [1.82, 2.24) is 36.0 Å². The molecule has 2 bridgehead atoms. The lowest BCUT2D eigenvalue weighted by Crippen LogP contribution is -2.58. The van der Waals surface area contributed by atoms with Crippen molar-refractivity contribution in [2.45, 2.75) is 71.8 Å². The normalized spacial score (nSPS) is 17.0. The Kier molecular flexibility index (Phi) is 10.7. The number of amides is 4. The Balaban J connectivity index is 1.68. The zero-order valence-electron chi connectivity index (χ0n) is 23.2. The highest BCUT2D eigenvalue weighted by molar-refractivity contribution is 6.38.